The second-order valence-corrected chi connectivity index (χ2v) is 4.78. The Kier molecular flexibility index (Phi) is 3.29. The van der Waals surface area contributed by atoms with Crippen molar-refractivity contribution in [3.05, 3.63) is 54.6 Å². The van der Waals surface area contributed by atoms with E-state index in [-0.39, 0.29) is 0 Å². The molecule has 2 nitrogen and oxygen atoms in total. The van der Waals surface area contributed by atoms with E-state index < -0.39 is 0 Å². The highest BCUT2D eigenvalue weighted by Gasteiger charge is 2.13. The van der Waals surface area contributed by atoms with Crippen LogP contribution in [-0.2, 0) is 0 Å². The van der Waals surface area contributed by atoms with Gasteiger partial charge in [0.15, 0.2) is 0 Å². The zero-order valence-corrected chi connectivity index (χ0v) is 10.4. The van der Waals surface area contributed by atoms with Crippen molar-refractivity contribution in [2.75, 3.05) is 18.4 Å². The molecule has 0 bridgehead atoms. The SMILES string of the molecule is c1ccc(-c2ccc(N[C@H]3CCNC3)cc2)cc1. The van der Waals surface area contributed by atoms with E-state index in [9.17, 15) is 0 Å². The van der Waals surface area contributed by atoms with E-state index in [2.05, 4.69) is 59.2 Å². The van der Waals surface area contributed by atoms with E-state index in [0.29, 0.717) is 6.04 Å². The lowest BCUT2D eigenvalue weighted by atomic mass is 10.1. The van der Waals surface area contributed by atoms with Gasteiger partial charge >= 0.3 is 0 Å². The number of hydrogen-bond donors (Lipinski definition) is 2. The largest absolute Gasteiger partial charge is 0.381 e. The minimum atomic E-state index is 0.576. The molecule has 18 heavy (non-hydrogen) atoms. The van der Waals surface area contributed by atoms with Crippen LogP contribution in [0.5, 0.6) is 0 Å². The van der Waals surface area contributed by atoms with E-state index in [4.69, 9.17) is 0 Å². The Hall–Kier alpha value is -1.80. The molecular formula is C16H18N2. The highest BCUT2D eigenvalue weighted by Crippen LogP contribution is 2.21. The van der Waals surface area contributed by atoms with Crippen LogP contribution < -0.4 is 10.6 Å². The van der Waals surface area contributed by atoms with Crippen molar-refractivity contribution in [3.8, 4) is 11.1 Å². The van der Waals surface area contributed by atoms with E-state index in [0.717, 1.165) is 13.1 Å². The molecule has 2 heteroatoms. The second-order valence-electron chi connectivity index (χ2n) is 4.78. The Labute approximate surface area is 108 Å². The summed E-state index contributed by atoms with van der Waals surface area (Å²) >= 11 is 0. The van der Waals surface area contributed by atoms with Crippen LogP contribution in [0.4, 0.5) is 5.69 Å². The molecule has 1 heterocycles. The molecule has 1 atom stereocenters. The van der Waals surface area contributed by atoms with E-state index in [1.807, 2.05) is 6.07 Å². The van der Waals surface area contributed by atoms with E-state index in [1.165, 1.54) is 23.2 Å². The maximum absolute atomic E-state index is 3.56. The fourth-order valence-electron chi connectivity index (χ4n) is 2.40. The molecule has 1 fully saturated rings. The van der Waals surface area contributed by atoms with Gasteiger partial charge in [0.2, 0.25) is 0 Å². The minimum absolute atomic E-state index is 0.576. The topological polar surface area (TPSA) is 24.1 Å². The number of hydrogen-bond acceptors (Lipinski definition) is 2. The lowest BCUT2D eigenvalue weighted by Crippen LogP contribution is -2.21. The van der Waals surface area contributed by atoms with E-state index >= 15 is 0 Å². The highest BCUT2D eigenvalue weighted by atomic mass is 15.0. The summed E-state index contributed by atoms with van der Waals surface area (Å²) < 4.78 is 0. The first-order valence-electron chi connectivity index (χ1n) is 6.54. The van der Waals surface area contributed by atoms with Gasteiger partial charge in [-0.15, -0.1) is 0 Å². The molecule has 0 amide bonds. The summed E-state index contributed by atoms with van der Waals surface area (Å²) in [6, 6.07) is 19.8. The predicted octanol–water partition coefficient (Wildman–Crippen LogP) is 3.13. The third kappa shape index (κ3) is 2.54. The fraction of sp³-hybridized carbons (Fsp3) is 0.250. The number of anilines is 1. The van der Waals surface area contributed by atoms with Crippen molar-refractivity contribution >= 4 is 5.69 Å². The molecule has 2 N–H and O–H groups in total. The van der Waals surface area contributed by atoms with Gasteiger partial charge < -0.3 is 10.6 Å². The zero-order chi connectivity index (χ0) is 12.2. The Balaban J connectivity index is 1.72. The molecule has 0 radical (unpaired) electrons. The average molecular weight is 238 g/mol. The lowest BCUT2D eigenvalue weighted by molar-refractivity contribution is 0.793. The smallest absolute Gasteiger partial charge is 0.0398 e. The van der Waals surface area contributed by atoms with Crippen LogP contribution in [0.25, 0.3) is 11.1 Å². The van der Waals surface area contributed by atoms with Gasteiger partial charge in [0.1, 0.15) is 0 Å². The normalized spacial score (nSPS) is 18.8. The van der Waals surface area contributed by atoms with Crippen molar-refractivity contribution in [2.24, 2.45) is 0 Å². The predicted molar refractivity (Wildman–Crippen MR) is 76.8 cm³/mol. The maximum atomic E-state index is 3.56. The Morgan fingerprint density at radius 3 is 2.28 bits per heavy atom. The summed E-state index contributed by atoms with van der Waals surface area (Å²) in [5.74, 6) is 0. The van der Waals surface area contributed by atoms with E-state index in [1.54, 1.807) is 0 Å². The highest BCUT2D eigenvalue weighted by molar-refractivity contribution is 5.65. The van der Waals surface area contributed by atoms with Crippen molar-refractivity contribution in [2.45, 2.75) is 12.5 Å². The van der Waals surface area contributed by atoms with Gasteiger partial charge in [0.05, 0.1) is 0 Å². The molecule has 0 saturated carbocycles. The van der Waals surface area contributed by atoms with Crippen LogP contribution in [0.1, 0.15) is 6.42 Å². The fourth-order valence-corrected chi connectivity index (χ4v) is 2.40. The van der Waals surface area contributed by atoms with Crippen LogP contribution in [0.2, 0.25) is 0 Å². The first kappa shape index (κ1) is 11.3. The molecule has 0 unspecified atom stereocenters. The van der Waals surface area contributed by atoms with Crippen molar-refractivity contribution in [1.82, 2.24) is 5.32 Å². The summed E-state index contributed by atoms with van der Waals surface area (Å²) in [6.07, 6.45) is 1.21. The molecule has 3 rings (SSSR count). The maximum Gasteiger partial charge on any atom is 0.0398 e. The van der Waals surface area contributed by atoms with Crippen molar-refractivity contribution in [1.29, 1.82) is 0 Å². The molecule has 0 aliphatic carbocycles. The molecule has 2 aromatic rings. The number of rotatable bonds is 3. The second kappa shape index (κ2) is 5.23. The van der Waals surface area contributed by atoms with Gasteiger partial charge in [-0.3, -0.25) is 0 Å². The van der Waals surface area contributed by atoms with Crippen LogP contribution >= 0.6 is 0 Å². The minimum Gasteiger partial charge on any atom is -0.381 e. The van der Waals surface area contributed by atoms with Gasteiger partial charge in [0.25, 0.3) is 0 Å². The third-order valence-corrected chi connectivity index (χ3v) is 3.42. The van der Waals surface area contributed by atoms with Gasteiger partial charge in [-0.1, -0.05) is 42.5 Å². The average Bonchev–Trinajstić information content (AvgIpc) is 2.94. The van der Waals surface area contributed by atoms with Crippen LogP contribution in [0.3, 0.4) is 0 Å². The Morgan fingerprint density at radius 2 is 1.61 bits per heavy atom. The van der Waals surface area contributed by atoms with Gasteiger partial charge in [-0.05, 0) is 36.2 Å². The first-order valence-corrected chi connectivity index (χ1v) is 6.54. The van der Waals surface area contributed by atoms with Gasteiger partial charge in [-0.25, -0.2) is 0 Å². The molecule has 1 aliphatic rings. The molecule has 0 aromatic heterocycles. The molecule has 1 aliphatic heterocycles. The standard InChI is InChI=1S/C16H18N2/c1-2-4-13(5-3-1)14-6-8-15(9-7-14)18-16-10-11-17-12-16/h1-9,16-18H,10-12H2/t16-/m0/s1. The quantitative estimate of drug-likeness (QED) is 0.858. The van der Waals surface area contributed by atoms with Crippen molar-refractivity contribution in [3.63, 3.8) is 0 Å². The van der Waals surface area contributed by atoms with Gasteiger partial charge in [0, 0.05) is 18.3 Å². The summed E-state index contributed by atoms with van der Waals surface area (Å²) in [5, 5.41) is 6.92. The molecule has 0 spiro atoms. The number of benzene rings is 2. The zero-order valence-electron chi connectivity index (χ0n) is 10.4. The lowest BCUT2D eigenvalue weighted by Gasteiger charge is -2.13. The molecule has 2 aromatic carbocycles. The summed E-state index contributed by atoms with van der Waals surface area (Å²) in [5.41, 5.74) is 3.75. The first-order chi connectivity index (χ1) is 8.92. The Bertz CT molecular complexity index is 484. The molecular weight excluding hydrogens is 220 g/mol. The van der Waals surface area contributed by atoms with Crippen molar-refractivity contribution < 1.29 is 0 Å². The monoisotopic (exact) mass is 238 g/mol. The summed E-state index contributed by atoms with van der Waals surface area (Å²) in [7, 11) is 0. The molecule has 92 valence electrons. The Morgan fingerprint density at radius 1 is 0.889 bits per heavy atom. The van der Waals surface area contributed by atoms with Crippen LogP contribution in [-0.4, -0.2) is 19.1 Å². The molecule has 1 saturated heterocycles. The summed E-state index contributed by atoms with van der Waals surface area (Å²) in [6.45, 7) is 2.19. The number of nitrogens with one attached hydrogen (secondary N) is 2. The summed E-state index contributed by atoms with van der Waals surface area (Å²) in [4.78, 5) is 0. The third-order valence-electron chi connectivity index (χ3n) is 3.42. The van der Waals surface area contributed by atoms with Crippen LogP contribution in [0.15, 0.2) is 54.6 Å². The van der Waals surface area contributed by atoms with Gasteiger partial charge in [-0.2, -0.15) is 0 Å². The van der Waals surface area contributed by atoms with Crippen LogP contribution in [0, 0.1) is 0 Å².